The highest BCUT2D eigenvalue weighted by Gasteiger charge is 2.31. The van der Waals surface area contributed by atoms with Crippen LogP contribution in [-0.4, -0.2) is 50.1 Å². The van der Waals surface area contributed by atoms with Crippen molar-refractivity contribution in [2.75, 3.05) is 38.1 Å². The SMILES string of the molecule is CC(N)C(=O)NCc1cc(C(F)(F)F)ccc1N1CCN(C)CC1.Cl. The third kappa shape index (κ3) is 5.76. The molecule has 0 aromatic heterocycles. The summed E-state index contributed by atoms with van der Waals surface area (Å²) in [6.45, 7) is 4.69. The van der Waals surface area contributed by atoms with Gasteiger partial charge in [-0.1, -0.05) is 0 Å². The molecule has 142 valence electrons. The quantitative estimate of drug-likeness (QED) is 0.836. The summed E-state index contributed by atoms with van der Waals surface area (Å²) in [5.41, 5.74) is 5.94. The number of amides is 1. The maximum absolute atomic E-state index is 13.0. The van der Waals surface area contributed by atoms with Crippen LogP contribution in [0.3, 0.4) is 0 Å². The van der Waals surface area contributed by atoms with Gasteiger partial charge < -0.3 is 20.9 Å². The Kier molecular flexibility index (Phi) is 7.52. The highest BCUT2D eigenvalue weighted by Crippen LogP contribution is 2.33. The molecule has 0 spiro atoms. The van der Waals surface area contributed by atoms with E-state index in [4.69, 9.17) is 5.73 Å². The number of piperazine rings is 1. The van der Waals surface area contributed by atoms with Crippen LogP contribution in [-0.2, 0) is 17.5 Å². The number of halogens is 4. The summed E-state index contributed by atoms with van der Waals surface area (Å²) in [7, 11) is 2.01. The van der Waals surface area contributed by atoms with Crippen LogP contribution in [0.15, 0.2) is 18.2 Å². The molecule has 2 rings (SSSR count). The van der Waals surface area contributed by atoms with Crippen LogP contribution in [0.2, 0.25) is 0 Å². The molecule has 1 amide bonds. The van der Waals surface area contributed by atoms with Crippen molar-refractivity contribution in [1.82, 2.24) is 10.2 Å². The molecule has 3 N–H and O–H groups in total. The molecule has 1 aliphatic rings. The standard InChI is InChI=1S/C16H23F3N4O.ClH/c1-11(20)15(24)21-10-12-9-13(16(17,18)19)3-4-14(12)23-7-5-22(2)6-8-23;/h3-4,9,11H,5-8,10,20H2,1-2H3,(H,21,24);1H. The minimum atomic E-state index is -4.42. The van der Waals surface area contributed by atoms with Gasteiger partial charge in [0.1, 0.15) is 0 Å². The second kappa shape index (κ2) is 8.73. The molecular formula is C16H24ClF3N4O. The summed E-state index contributed by atoms with van der Waals surface area (Å²) in [6, 6.07) is 2.98. The van der Waals surface area contributed by atoms with Gasteiger partial charge in [-0.2, -0.15) is 13.2 Å². The van der Waals surface area contributed by atoms with E-state index in [1.165, 1.54) is 13.0 Å². The number of carbonyl (C=O) groups is 1. The highest BCUT2D eigenvalue weighted by molar-refractivity contribution is 5.85. The second-order valence-electron chi connectivity index (χ2n) is 6.14. The Labute approximate surface area is 151 Å². The molecule has 0 saturated carbocycles. The first-order chi connectivity index (χ1) is 11.2. The van der Waals surface area contributed by atoms with Crippen molar-refractivity contribution < 1.29 is 18.0 Å². The highest BCUT2D eigenvalue weighted by atomic mass is 35.5. The predicted octanol–water partition coefficient (Wildman–Crippen LogP) is 1.84. The molecule has 1 aliphatic heterocycles. The Hall–Kier alpha value is -1.51. The van der Waals surface area contributed by atoms with Gasteiger partial charge in [-0.3, -0.25) is 4.79 Å². The van der Waals surface area contributed by atoms with Crippen LogP contribution in [0.5, 0.6) is 0 Å². The van der Waals surface area contributed by atoms with Crippen molar-refractivity contribution in [3.8, 4) is 0 Å². The summed E-state index contributed by atoms with van der Waals surface area (Å²) in [4.78, 5) is 15.9. The first kappa shape index (κ1) is 21.5. The molecule has 0 radical (unpaired) electrons. The number of nitrogens with zero attached hydrogens (tertiary/aromatic N) is 2. The second-order valence-corrected chi connectivity index (χ2v) is 6.14. The number of benzene rings is 1. The Morgan fingerprint density at radius 1 is 1.28 bits per heavy atom. The van der Waals surface area contributed by atoms with Gasteiger partial charge in [-0.05, 0) is 37.7 Å². The van der Waals surface area contributed by atoms with E-state index < -0.39 is 23.7 Å². The molecule has 1 heterocycles. The van der Waals surface area contributed by atoms with Crippen LogP contribution in [0.1, 0.15) is 18.1 Å². The number of likely N-dealkylation sites (N-methyl/N-ethyl adjacent to an activating group) is 1. The normalized spacial score (nSPS) is 17.0. The molecule has 1 aromatic carbocycles. The van der Waals surface area contributed by atoms with Gasteiger partial charge in [0.15, 0.2) is 0 Å². The van der Waals surface area contributed by atoms with Gasteiger partial charge in [0.2, 0.25) is 5.91 Å². The number of nitrogens with two attached hydrogens (primary N) is 1. The van der Waals surface area contributed by atoms with Crippen LogP contribution < -0.4 is 16.0 Å². The monoisotopic (exact) mass is 380 g/mol. The molecule has 0 bridgehead atoms. The Morgan fingerprint density at radius 2 is 1.88 bits per heavy atom. The summed E-state index contributed by atoms with van der Waals surface area (Å²) < 4.78 is 39.0. The Bertz CT molecular complexity index is 587. The smallest absolute Gasteiger partial charge is 0.369 e. The molecule has 1 fully saturated rings. The third-order valence-corrected chi connectivity index (χ3v) is 4.12. The molecule has 1 saturated heterocycles. The van der Waals surface area contributed by atoms with Crippen molar-refractivity contribution >= 4 is 24.0 Å². The van der Waals surface area contributed by atoms with Crippen molar-refractivity contribution in [3.63, 3.8) is 0 Å². The molecule has 9 heteroatoms. The molecule has 0 aliphatic carbocycles. The molecule has 1 unspecified atom stereocenters. The van der Waals surface area contributed by atoms with E-state index in [9.17, 15) is 18.0 Å². The van der Waals surface area contributed by atoms with Crippen LogP contribution in [0.25, 0.3) is 0 Å². The lowest BCUT2D eigenvalue weighted by Gasteiger charge is -2.35. The average Bonchev–Trinajstić information content (AvgIpc) is 2.52. The average molecular weight is 381 g/mol. The molecule has 1 aromatic rings. The van der Waals surface area contributed by atoms with E-state index >= 15 is 0 Å². The van der Waals surface area contributed by atoms with Crippen LogP contribution >= 0.6 is 12.4 Å². The fraction of sp³-hybridized carbons (Fsp3) is 0.562. The molecule has 1 atom stereocenters. The Morgan fingerprint density at radius 3 is 2.40 bits per heavy atom. The van der Waals surface area contributed by atoms with E-state index in [0.717, 1.165) is 44.0 Å². The number of hydrogen-bond acceptors (Lipinski definition) is 4. The molecular weight excluding hydrogens is 357 g/mol. The first-order valence-electron chi connectivity index (χ1n) is 7.85. The molecule has 5 nitrogen and oxygen atoms in total. The first-order valence-corrected chi connectivity index (χ1v) is 7.85. The van der Waals surface area contributed by atoms with Crippen LogP contribution in [0, 0.1) is 0 Å². The number of rotatable bonds is 4. The zero-order chi connectivity index (χ0) is 17.9. The number of hydrogen-bond donors (Lipinski definition) is 2. The lowest BCUT2D eigenvalue weighted by molar-refractivity contribution is -0.137. The van der Waals surface area contributed by atoms with Gasteiger partial charge >= 0.3 is 6.18 Å². The topological polar surface area (TPSA) is 61.6 Å². The zero-order valence-corrected chi connectivity index (χ0v) is 15.1. The zero-order valence-electron chi connectivity index (χ0n) is 14.3. The van der Waals surface area contributed by atoms with Crippen LogP contribution in [0.4, 0.5) is 18.9 Å². The number of alkyl halides is 3. The maximum Gasteiger partial charge on any atom is 0.416 e. The van der Waals surface area contributed by atoms with E-state index in [2.05, 4.69) is 10.2 Å². The summed E-state index contributed by atoms with van der Waals surface area (Å²) in [5, 5.41) is 2.60. The van der Waals surface area contributed by atoms with E-state index in [1.807, 2.05) is 11.9 Å². The van der Waals surface area contributed by atoms with Crippen molar-refractivity contribution in [3.05, 3.63) is 29.3 Å². The summed E-state index contributed by atoms with van der Waals surface area (Å²) in [5.74, 6) is -0.392. The van der Waals surface area contributed by atoms with Gasteiger partial charge in [0.05, 0.1) is 11.6 Å². The van der Waals surface area contributed by atoms with Gasteiger partial charge in [-0.25, -0.2) is 0 Å². The number of carbonyl (C=O) groups excluding carboxylic acids is 1. The van der Waals surface area contributed by atoms with E-state index in [1.54, 1.807) is 0 Å². The fourth-order valence-corrected chi connectivity index (χ4v) is 2.60. The number of anilines is 1. The summed E-state index contributed by atoms with van der Waals surface area (Å²) in [6.07, 6.45) is -4.42. The minimum absolute atomic E-state index is 0. The maximum atomic E-state index is 13.0. The van der Waals surface area contributed by atoms with Gasteiger partial charge in [0, 0.05) is 38.4 Å². The molecule has 25 heavy (non-hydrogen) atoms. The third-order valence-electron chi connectivity index (χ3n) is 4.12. The predicted molar refractivity (Wildman–Crippen MR) is 93.9 cm³/mol. The van der Waals surface area contributed by atoms with Crippen molar-refractivity contribution in [2.24, 2.45) is 5.73 Å². The Balaban J connectivity index is 0.00000312. The number of nitrogens with one attached hydrogen (secondary N) is 1. The van der Waals surface area contributed by atoms with E-state index in [0.29, 0.717) is 5.56 Å². The van der Waals surface area contributed by atoms with Gasteiger partial charge in [-0.15, -0.1) is 12.4 Å². The minimum Gasteiger partial charge on any atom is -0.369 e. The van der Waals surface area contributed by atoms with Gasteiger partial charge in [0.25, 0.3) is 0 Å². The van der Waals surface area contributed by atoms with Crippen molar-refractivity contribution in [1.29, 1.82) is 0 Å². The largest absolute Gasteiger partial charge is 0.416 e. The lowest BCUT2D eigenvalue weighted by atomic mass is 10.1. The van der Waals surface area contributed by atoms with E-state index in [-0.39, 0.29) is 19.0 Å². The van der Waals surface area contributed by atoms with Crippen molar-refractivity contribution in [2.45, 2.75) is 25.7 Å². The lowest BCUT2D eigenvalue weighted by Crippen LogP contribution is -2.45. The summed E-state index contributed by atoms with van der Waals surface area (Å²) >= 11 is 0. The fourth-order valence-electron chi connectivity index (χ4n) is 2.60.